The maximum atomic E-state index is 6.54. The summed E-state index contributed by atoms with van der Waals surface area (Å²) in [6.07, 6.45) is 0. The summed E-state index contributed by atoms with van der Waals surface area (Å²) >= 11 is 0. The van der Waals surface area contributed by atoms with Crippen molar-refractivity contribution in [3.63, 3.8) is 0 Å². The highest BCUT2D eigenvalue weighted by atomic mass is 16.3. The highest BCUT2D eigenvalue weighted by Crippen LogP contribution is 2.44. The third-order valence-electron chi connectivity index (χ3n) is 7.82. The van der Waals surface area contributed by atoms with Crippen LogP contribution in [0.15, 0.2) is 156 Å². The Balaban J connectivity index is 1.39. The highest BCUT2D eigenvalue weighted by molar-refractivity contribution is 6.11. The molecule has 0 atom stereocenters. The van der Waals surface area contributed by atoms with Crippen LogP contribution < -0.4 is 4.90 Å². The Morgan fingerprint density at radius 2 is 1.05 bits per heavy atom. The Hall–Kier alpha value is -5.34. The molecule has 0 spiro atoms. The van der Waals surface area contributed by atoms with Crippen molar-refractivity contribution in [2.45, 2.75) is 0 Å². The molecule has 0 bridgehead atoms. The lowest BCUT2D eigenvalue weighted by molar-refractivity contribution is 0.669. The molecule has 8 rings (SSSR count). The summed E-state index contributed by atoms with van der Waals surface area (Å²) in [7, 11) is 0. The summed E-state index contributed by atoms with van der Waals surface area (Å²) < 4.78 is 6.54. The van der Waals surface area contributed by atoms with E-state index in [0.29, 0.717) is 0 Å². The van der Waals surface area contributed by atoms with Gasteiger partial charge in [0.2, 0.25) is 0 Å². The van der Waals surface area contributed by atoms with Gasteiger partial charge in [0.05, 0.1) is 11.4 Å². The maximum Gasteiger partial charge on any atom is 0.159 e. The molecule has 188 valence electrons. The van der Waals surface area contributed by atoms with Crippen LogP contribution >= 0.6 is 0 Å². The van der Waals surface area contributed by atoms with Crippen molar-refractivity contribution >= 4 is 60.5 Å². The Morgan fingerprint density at radius 1 is 0.400 bits per heavy atom. The molecule has 40 heavy (non-hydrogen) atoms. The van der Waals surface area contributed by atoms with Crippen LogP contribution in [-0.2, 0) is 0 Å². The monoisotopic (exact) mass is 511 g/mol. The minimum Gasteiger partial charge on any atom is -0.454 e. The summed E-state index contributed by atoms with van der Waals surface area (Å²) in [5.74, 6) is 0. The van der Waals surface area contributed by atoms with Gasteiger partial charge >= 0.3 is 0 Å². The van der Waals surface area contributed by atoms with Gasteiger partial charge in [0.1, 0.15) is 5.58 Å². The van der Waals surface area contributed by atoms with Crippen LogP contribution in [0, 0.1) is 0 Å². The molecule has 0 saturated carbocycles. The molecule has 0 aliphatic rings. The van der Waals surface area contributed by atoms with E-state index < -0.39 is 0 Å². The van der Waals surface area contributed by atoms with Crippen LogP contribution in [0.25, 0.3) is 54.6 Å². The standard InChI is InChI=1S/C38H25NO/c1-2-12-28-24-30(23-22-26(28)10-1)29-14-7-15-31(25-29)39(35-19-8-13-27-11-3-4-16-32(27)35)36-20-9-18-34-33-17-5-6-21-37(33)40-38(34)36/h1-25H. The van der Waals surface area contributed by atoms with Crippen molar-refractivity contribution in [3.8, 4) is 11.1 Å². The van der Waals surface area contributed by atoms with Crippen molar-refractivity contribution < 1.29 is 4.42 Å². The van der Waals surface area contributed by atoms with Gasteiger partial charge in [-0.05, 0) is 63.7 Å². The molecule has 1 heterocycles. The Bertz CT molecular complexity index is 2180. The minimum atomic E-state index is 0.882. The number of nitrogens with zero attached hydrogens (tertiary/aromatic N) is 1. The first-order valence-corrected chi connectivity index (χ1v) is 13.6. The van der Waals surface area contributed by atoms with E-state index in [1.54, 1.807) is 0 Å². The van der Waals surface area contributed by atoms with Crippen molar-refractivity contribution in [1.82, 2.24) is 0 Å². The molecular weight excluding hydrogens is 486 g/mol. The molecular formula is C38H25NO. The number of hydrogen-bond acceptors (Lipinski definition) is 2. The first kappa shape index (κ1) is 22.6. The Labute approximate surface area is 232 Å². The van der Waals surface area contributed by atoms with Crippen molar-refractivity contribution in [3.05, 3.63) is 152 Å². The second-order valence-electron chi connectivity index (χ2n) is 10.2. The predicted molar refractivity (Wildman–Crippen MR) is 169 cm³/mol. The number of hydrogen-bond donors (Lipinski definition) is 0. The first-order valence-electron chi connectivity index (χ1n) is 13.6. The van der Waals surface area contributed by atoms with Crippen molar-refractivity contribution in [2.24, 2.45) is 0 Å². The molecule has 0 unspecified atom stereocenters. The van der Waals surface area contributed by atoms with E-state index in [1.807, 2.05) is 12.1 Å². The number of fused-ring (bicyclic) bond motifs is 5. The average molecular weight is 512 g/mol. The van der Waals surface area contributed by atoms with E-state index in [9.17, 15) is 0 Å². The molecule has 0 aliphatic carbocycles. The van der Waals surface area contributed by atoms with E-state index in [1.165, 1.54) is 32.7 Å². The van der Waals surface area contributed by atoms with Gasteiger partial charge in [0.25, 0.3) is 0 Å². The van der Waals surface area contributed by atoms with Crippen LogP contribution in [0.4, 0.5) is 17.1 Å². The second kappa shape index (κ2) is 9.14. The molecule has 0 aliphatic heterocycles. The summed E-state index contributed by atoms with van der Waals surface area (Å²) in [4.78, 5) is 2.34. The minimum absolute atomic E-state index is 0.882. The van der Waals surface area contributed by atoms with E-state index >= 15 is 0 Å². The molecule has 0 saturated heterocycles. The lowest BCUT2D eigenvalue weighted by atomic mass is 10.00. The summed E-state index contributed by atoms with van der Waals surface area (Å²) in [5, 5.41) is 7.12. The number of para-hydroxylation sites is 2. The largest absolute Gasteiger partial charge is 0.454 e. The van der Waals surface area contributed by atoms with Crippen molar-refractivity contribution in [1.29, 1.82) is 0 Å². The van der Waals surface area contributed by atoms with E-state index in [4.69, 9.17) is 4.42 Å². The highest BCUT2D eigenvalue weighted by Gasteiger charge is 2.21. The zero-order valence-corrected chi connectivity index (χ0v) is 21.8. The fourth-order valence-electron chi connectivity index (χ4n) is 5.91. The normalized spacial score (nSPS) is 11.5. The molecule has 1 aromatic heterocycles. The molecule has 0 radical (unpaired) electrons. The molecule has 0 fully saturated rings. The van der Waals surface area contributed by atoms with Gasteiger partial charge in [-0.3, -0.25) is 0 Å². The topological polar surface area (TPSA) is 16.4 Å². The Kier molecular flexibility index (Phi) is 5.17. The van der Waals surface area contributed by atoms with Crippen LogP contribution in [-0.4, -0.2) is 0 Å². The van der Waals surface area contributed by atoms with Crippen LogP contribution in [0.3, 0.4) is 0 Å². The molecule has 0 N–H and O–H groups in total. The number of anilines is 3. The first-order chi connectivity index (χ1) is 19.8. The fourth-order valence-corrected chi connectivity index (χ4v) is 5.91. The van der Waals surface area contributed by atoms with E-state index in [0.717, 1.165) is 39.0 Å². The molecule has 2 heteroatoms. The third-order valence-corrected chi connectivity index (χ3v) is 7.82. The SMILES string of the molecule is c1cc(-c2ccc3ccccc3c2)cc(N(c2cccc3ccccc23)c2cccc3c2oc2ccccc23)c1. The quantitative estimate of drug-likeness (QED) is 0.234. The van der Waals surface area contributed by atoms with Crippen molar-refractivity contribution in [2.75, 3.05) is 4.90 Å². The summed E-state index contributed by atoms with van der Waals surface area (Å²) in [6.45, 7) is 0. The predicted octanol–water partition coefficient (Wildman–Crippen LogP) is 11.0. The molecule has 0 amide bonds. The number of benzene rings is 7. The second-order valence-corrected chi connectivity index (χ2v) is 10.2. The number of furan rings is 1. The fraction of sp³-hybridized carbons (Fsp3) is 0. The van der Waals surface area contributed by atoms with Gasteiger partial charge < -0.3 is 9.32 Å². The van der Waals surface area contributed by atoms with Crippen LogP contribution in [0.5, 0.6) is 0 Å². The van der Waals surface area contributed by atoms with Gasteiger partial charge in [0, 0.05) is 21.8 Å². The lowest BCUT2D eigenvalue weighted by Gasteiger charge is -2.27. The molecule has 7 aromatic carbocycles. The maximum absolute atomic E-state index is 6.54. The van der Waals surface area contributed by atoms with E-state index in [-0.39, 0.29) is 0 Å². The lowest BCUT2D eigenvalue weighted by Crippen LogP contribution is -2.11. The average Bonchev–Trinajstić information content (AvgIpc) is 3.41. The van der Waals surface area contributed by atoms with E-state index in [2.05, 4.69) is 144 Å². The molecule has 2 nitrogen and oxygen atoms in total. The molecule has 8 aromatic rings. The zero-order chi connectivity index (χ0) is 26.5. The summed E-state index contributed by atoms with van der Waals surface area (Å²) in [5.41, 5.74) is 7.35. The van der Waals surface area contributed by atoms with Gasteiger partial charge in [-0.2, -0.15) is 0 Å². The van der Waals surface area contributed by atoms with Gasteiger partial charge in [-0.25, -0.2) is 0 Å². The van der Waals surface area contributed by atoms with Gasteiger partial charge in [0.15, 0.2) is 5.58 Å². The van der Waals surface area contributed by atoms with Gasteiger partial charge in [-0.15, -0.1) is 0 Å². The smallest absolute Gasteiger partial charge is 0.159 e. The third kappa shape index (κ3) is 3.65. The van der Waals surface area contributed by atoms with Gasteiger partial charge in [-0.1, -0.05) is 115 Å². The zero-order valence-electron chi connectivity index (χ0n) is 21.8. The Morgan fingerprint density at radius 3 is 1.98 bits per heavy atom. The summed E-state index contributed by atoms with van der Waals surface area (Å²) in [6, 6.07) is 53.8. The van der Waals surface area contributed by atoms with Crippen LogP contribution in [0.2, 0.25) is 0 Å². The number of rotatable bonds is 4. The van der Waals surface area contributed by atoms with Crippen LogP contribution in [0.1, 0.15) is 0 Å².